The lowest BCUT2D eigenvalue weighted by atomic mass is 10.1. The average molecular weight is 307 g/mol. The van der Waals surface area contributed by atoms with Crippen molar-refractivity contribution in [2.75, 3.05) is 26.3 Å². The maximum absolute atomic E-state index is 12.1. The second-order valence-electron chi connectivity index (χ2n) is 4.60. The van der Waals surface area contributed by atoms with E-state index in [1.807, 2.05) is 4.90 Å². The first-order valence-corrected chi connectivity index (χ1v) is 7.25. The lowest BCUT2D eigenvalue weighted by Crippen LogP contribution is -2.28. The number of nitrogens with zero attached hydrogens (tertiary/aromatic N) is 2. The molecule has 0 radical (unpaired) electrons. The Balaban J connectivity index is 3.19. The van der Waals surface area contributed by atoms with Gasteiger partial charge in [0.15, 0.2) is 0 Å². The van der Waals surface area contributed by atoms with Gasteiger partial charge in [0.2, 0.25) is 0 Å². The van der Waals surface area contributed by atoms with Crippen LogP contribution in [0.25, 0.3) is 0 Å². The highest BCUT2D eigenvalue weighted by molar-refractivity contribution is 5.99. The van der Waals surface area contributed by atoms with Gasteiger partial charge in [-0.3, -0.25) is 0 Å². The molecule has 2 N–H and O–H groups in total. The van der Waals surface area contributed by atoms with Crippen molar-refractivity contribution in [3.63, 3.8) is 0 Å². The number of likely N-dealkylation sites (tertiary alicyclic amines) is 1. The molecule has 7 heteroatoms. The zero-order valence-corrected chi connectivity index (χ0v) is 12.9. The number of carbonyl (C=O) groups is 2. The molecule has 1 rings (SSSR count). The number of hydrogen-bond donors (Lipinski definition) is 1. The van der Waals surface area contributed by atoms with Gasteiger partial charge in [-0.25, -0.2) is 9.59 Å². The van der Waals surface area contributed by atoms with E-state index in [2.05, 4.69) is 0 Å². The van der Waals surface area contributed by atoms with Crippen LogP contribution >= 0.6 is 0 Å². The van der Waals surface area contributed by atoms with E-state index in [1.165, 1.54) is 0 Å². The molecule has 120 valence electrons. The molecule has 0 saturated carbocycles. The summed E-state index contributed by atoms with van der Waals surface area (Å²) < 4.78 is 9.74. The maximum atomic E-state index is 12.1. The van der Waals surface area contributed by atoms with Crippen LogP contribution in [-0.4, -0.2) is 43.1 Å². The third-order valence-corrected chi connectivity index (χ3v) is 3.12. The van der Waals surface area contributed by atoms with Gasteiger partial charge in [-0.2, -0.15) is 5.26 Å². The van der Waals surface area contributed by atoms with Gasteiger partial charge in [-0.1, -0.05) is 0 Å². The van der Waals surface area contributed by atoms with Crippen molar-refractivity contribution in [1.82, 2.24) is 4.90 Å². The van der Waals surface area contributed by atoms with Crippen LogP contribution in [-0.2, 0) is 19.1 Å². The van der Waals surface area contributed by atoms with E-state index in [-0.39, 0.29) is 30.2 Å². The predicted octanol–water partition coefficient (Wildman–Crippen LogP) is 0.829. The SMILES string of the molecule is CCOC(=O)/C(C#N)=C\C(C(=O)OCC)=C(/N)N1CCCC1. The molecule has 0 bridgehead atoms. The van der Waals surface area contributed by atoms with Gasteiger partial charge < -0.3 is 20.1 Å². The normalized spacial score (nSPS) is 15.9. The van der Waals surface area contributed by atoms with Gasteiger partial charge in [0, 0.05) is 13.1 Å². The van der Waals surface area contributed by atoms with E-state index in [0.29, 0.717) is 0 Å². The molecule has 1 heterocycles. The average Bonchev–Trinajstić information content (AvgIpc) is 3.02. The van der Waals surface area contributed by atoms with Gasteiger partial charge in [-0.05, 0) is 32.8 Å². The van der Waals surface area contributed by atoms with Crippen LogP contribution in [0.2, 0.25) is 0 Å². The Morgan fingerprint density at radius 2 is 1.73 bits per heavy atom. The highest BCUT2D eigenvalue weighted by atomic mass is 16.5. The third-order valence-electron chi connectivity index (χ3n) is 3.12. The largest absolute Gasteiger partial charge is 0.462 e. The molecule has 0 aliphatic carbocycles. The summed E-state index contributed by atoms with van der Waals surface area (Å²) in [7, 11) is 0. The summed E-state index contributed by atoms with van der Waals surface area (Å²) in [6.45, 7) is 5.06. The Bertz CT molecular complexity index is 525. The Labute approximate surface area is 130 Å². The molecular weight excluding hydrogens is 286 g/mol. The fourth-order valence-corrected chi connectivity index (χ4v) is 2.06. The quantitative estimate of drug-likeness (QED) is 0.335. The summed E-state index contributed by atoms with van der Waals surface area (Å²) in [5, 5.41) is 9.08. The summed E-state index contributed by atoms with van der Waals surface area (Å²) in [6, 6.07) is 1.73. The smallest absolute Gasteiger partial charge is 0.348 e. The first-order chi connectivity index (χ1) is 10.5. The van der Waals surface area contributed by atoms with Crippen molar-refractivity contribution in [1.29, 1.82) is 5.26 Å². The van der Waals surface area contributed by atoms with E-state index in [9.17, 15) is 9.59 Å². The molecule has 1 saturated heterocycles. The van der Waals surface area contributed by atoms with Crippen molar-refractivity contribution in [2.24, 2.45) is 5.73 Å². The Hall–Kier alpha value is -2.49. The van der Waals surface area contributed by atoms with Gasteiger partial charge in [0.25, 0.3) is 0 Å². The fourth-order valence-electron chi connectivity index (χ4n) is 2.06. The van der Waals surface area contributed by atoms with E-state index in [4.69, 9.17) is 20.5 Å². The van der Waals surface area contributed by atoms with Crippen molar-refractivity contribution >= 4 is 11.9 Å². The highest BCUT2D eigenvalue weighted by Gasteiger charge is 2.22. The molecule has 0 atom stereocenters. The van der Waals surface area contributed by atoms with E-state index >= 15 is 0 Å². The summed E-state index contributed by atoms with van der Waals surface area (Å²) in [5.74, 6) is -1.24. The number of nitrogens with two attached hydrogens (primary N) is 1. The number of esters is 2. The van der Waals surface area contributed by atoms with Crippen LogP contribution in [0.5, 0.6) is 0 Å². The molecule has 0 amide bonds. The number of carbonyl (C=O) groups excluding carboxylic acids is 2. The molecule has 1 aliphatic rings. The second-order valence-corrected chi connectivity index (χ2v) is 4.60. The van der Waals surface area contributed by atoms with E-state index < -0.39 is 11.9 Å². The summed E-state index contributed by atoms with van der Waals surface area (Å²) in [5.41, 5.74) is 5.75. The number of rotatable bonds is 6. The zero-order chi connectivity index (χ0) is 16.5. The molecular formula is C15H21N3O4. The van der Waals surface area contributed by atoms with Crippen LogP contribution in [0.4, 0.5) is 0 Å². The third kappa shape index (κ3) is 4.52. The Kier molecular flexibility index (Phi) is 6.96. The summed E-state index contributed by atoms with van der Waals surface area (Å²) >= 11 is 0. The van der Waals surface area contributed by atoms with Crippen molar-refractivity contribution in [3.05, 3.63) is 23.0 Å². The van der Waals surface area contributed by atoms with Crippen LogP contribution < -0.4 is 5.73 Å². The Morgan fingerprint density at radius 3 is 2.23 bits per heavy atom. The van der Waals surface area contributed by atoms with Gasteiger partial charge in [0.05, 0.1) is 13.2 Å². The standard InChI is InChI=1S/C15H21N3O4/c1-3-21-14(19)11(10-16)9-12(15(20)22-4-2)13(17)18-7-5-6-8-18/h9H,3-8,17H2,1-2H3/b11-9-,13-12-. The Morgan fingerprint density at radius 1 is 1.18 bits per heavy atom. The topological polar surface area (TPSA) is 106 Å². The van der Waals surface area contributed by atoms with E-state index in [0.717, 1.165) is 32.0 Å². The molecule has 0 aromatic rings. The van der Waals surface area contributed by atoms with Gasteiger partial charge >= 0.3 is 11.9 Å². The van der Waals surface area contributed by atoms with Crippen LogP contribution in [0, 0.1) is 11.3 Å². The van der Waals surface area contributed by atoms with Crippen molar-refractivity contribution < 1.29 is 19.1 Å². The number of hydrogen-bond acceptors (Lipinski definition) is 7. The zero-order valence-electron chi connectivity index (χ0n) is 12.9. The summed E-state index contributed by atoms with van der Waals surface area (Å²) in [6.07, 6.45) is 3.09. The minimum absolute atomic E-state index is 0.00773. The predicted molar refractivity (Wildman–Crippen MR) is 79.0 cm³/mol. The second kappa shape index (κ2) is 8.72. The first kappa shape index (κ1) is 17.6. The van der Waals surface area contributed by atoms with Crippen molar-refractivity contribution in [3.8, 4) is 6.07 Å². The molecule has 7 nitrogen and oxygen atoms in total. The molecule has 0 unspecified atom stereocenters. The highest BCUT2D eigenvalue weighted by Crippen LogP contribution is 2.17. The van der Waals surface area contributed by atoms with Crippen LogP contribution in [0.1, 0.15) is 26.7 Å². The van der Waals surface area contributed by atoms with Crippen LogP contribution in [0.3, 0.4) is 0 Å². The van der Waals surface area contributed by atoms with Crippen LogP contribution in [0.15, 0.2) is 23.0 Å². The van der Waals surface area contributed by atoms with Gasteiger partial charge in [-0.15, -0.1) is 0 Å². The first-order valence-electron chi connectivity index (χ1n) is 7.25. The number of ether oxygens (including phenoxy) is 2. The van der Waals surface area contributed by atoms with E-state index in [1.54, 1.807) is 19.9 Å². The lowest BCUT2D eigenvalue weighted by molar-refractivity contribution is -0.138. The fraction of sp³-hybridized carbons (Fsp3) is 0.533. The molecule has 0 spiro atoms. The molecule has 0 aromatic carbocycles. The summed E-state index contributed by atoms with van der Waals surface area (Å²) in [4.78, 5) is 25.6. The maximum Gasteiger partial charge on any atom is 0.348 e. The lowest BCUT2D eigenvalue weighted by Gasteiger charge is -2.20. The minimum atomic E-state index is -0.791. The minimum Gasteiger partial charge on any atom is -0.462 e. The molecule has 0 aromatic heterocycles. The molecule has 1 aliphatic heterocycles. The molecule has 22 heavy (non-hydrogen) atoms. The van der Waals surface area contributed by atoms with Crippen molar-refractivity contribution in [2.45, 2.75) is 26.7 Å². The number of nitriles is 1. The van der Waals surface area contributed by atoms with Gasteiger partial charge in [0.1, 0.15) is 23.0 Å². The monoisotopic (exact) mass is 307 g/mol. The molecule has 1 fully saturated rings.